The molecule has 1 saturated heterocycles. The van der Waals surface area contributed by atoms with Gasteiger partial charge < -0.3 is 5.73 Å². The van der Waals surface area contributed by atoms with E-state index in [0.717, 1.165) is 25.7 Å². The second-order valence-electron chi connectivity index (χ2n) is 4.83. The number of pyridine rings is 1. The van der Waals surface area contributed by atoms with Crippen LogP contribution in [0.15, 0.2) is 18.2 Å². The van der Waals surface area contributed by atoms with Gasteiger partial charge in [-0.05, 0) is 30.9 Å². The average Bonchev–Trinajstić information content (AvgIpc) is 2.74. The maximum Gasteiger partial charge on any atom is 0.302 e. The lowest BCUT2D eigenvalue weighted by Crippen LogP contribution is -2.36. The largest absolute Gasteiger partial charge is 0.320 e. The quantitative estimate of drug-likeness (QED) is 0.813. The van der Waals surface area contributed by atoms with Crippen molar-refractivity contribution in [2.45, 2.75) is 25.7 Å². The Hall–Kier alpha value is -1.62. The standard InChI is InChI=1S/C14H20N4O2S/c15-10-6-8-13-7-5-9-14(16-13)17-21(19,20)18-11-3-1-2-4-12-18/h5,7,9H,1-4,10-12,15H2,(H,16,17). The summed E-state index contributed by atoms with van der Waals surface area (Å²) in [4.78, 5) is 4.17. The van der Waals surface area contributed by atoms with Crippen LogP contribution in [0.3, 0.4) is 0 Å². The minimum Gasteiger partial charge on any atom is -0.320 e. The molecule has 1 aliphatic heterocycles. The first-order valence-corrected chi connectivity index (χ1v) is 8.50. The van der Waals surface area contributed by atoms with Gasteiger partial charge in [-0.3, -0.25) is 4.72 Å². The number of hydrogen-bond donors (Lipinski definition) is 2. The number of rotatable bonds is 3. The number of nitrogens with two attached hydrogens (primary N) is 1. The SMILES string of the molecule is NCC#Cc1cccc(NS(=O)(=O)N2CCCCCC2)n1. The maximum atomic E-state index is 12.4. The third-order valence-electron chi connectivity index (χ3n) is 3.21. The zero-order valence-electron chi connectivity index (χ0n) is 11.9. The van der Waals surface area contributed by atoms with Crippen LogP contribution in [0.4, 0.5) is 5.82 Å². The molecular weight excluding hydrogens is 288 g/mol. The Bertz CT molecular complexity index is 626. The molecule has 0 saturated carbocycles. The van der Waals surface area contributed by atoms with E-state index in [2.05, 4.69) is 21.5 Å². The lowest BCUT2D eigenvalue weighted by atomic mass is 10.2. The number of nitrogens with one attached hydrogen (secondary N) is 1. The van der Waals surface area contributed by atoms with Crippen molar-refractivity contribution in [2.24, 2.45) is 5.73 Å². The molecule has 0 spiro atoms. The van der Waals surface area contributed by atoms with Crippen LogP contribution in [0.1, 0.15) is 31.4 Å². The first kappa shape index (κ1) is 15.8. The molecule has 0 aliphatic carbocycles. The lowest BCUT2D eigenvalue weighted by molar-refractivity contribution is 0.427. The van der Waals surface area contributed by atoms with Crippen LogP contribution in [0, 0.1) is 11.8 Å². The van der Waals surface area contributed by atoms with Gasteiger partial charge in [0.1, 0.15) is 11.5 Å². The molecule has 2 heterocycles. The molecular formula is C14H20N4O2S. The zero-order chi connectivity index (χ0) is 15.1. The highest BCUT2D eigenvalue weighted by molar-refractivity contribution is 7.90. The minimum absolute atomic E-state index is 0.241. The fourth-order valence-corrected chi connectivity index (χ4v) is 3.43. The van der Waals surface area contributed by atoms with E-state index < -0.39 is 10.2 Å². The van der Waals surface area contributed by atoms with Gasteiger partial charge in [-0.2, -0.15) is 12.7 Å². The second-order valence-corrected chi connectivity index (χ2v) is 6.50. The van der Waals surface area contributed by atoms with Crippen molar-refractivity contribution >= 4 is 16.0 Å². The fraction of sp³-hybridized carbons (Fsp3) is 0.500. The fourth-order valence-electron chi connectivity index (χ4n) is 2.18. The predicted molar refractivity (Wildman–Crippen MR) is 82.8 cm³/mol. The first-order chi connectivity index (χ1) is 10.1. The monoisotopic (exact) mass is 308 g/mol. The van der Waals surface area contributed by atoms with Gasteiger partial charge in [0, 0.05) is 13.1 Å². The van der Waals surface area contributed by atoms with E-state index in [1.54, 1.807) is 18.2 Å². The van der Waals surface area contributed by atoms with Gasteiger partial charge in [0.2, 0.25) is 0 Å². The van der Waals surface area contributed by atoms with Gasteiger partial charge in [-0.1, -0.05) is 24.8 Å². The van der Waals surface area contributed by atoms with Crippen molar-refractivity contribution < 1.29 is 8.42 Å². The molecule has 0 bridgehead atoms. The molecule has 0 amide bonds. The normalized spacial score (nSPS) is 16.6. The number of anilines is 1. The summed E-state index contributed by atoms with van der Waals surface area (Å²) in [6.45, 7) is 1.36. The van der Waals surface area contributed by atoms with Crippen LogP contribution in [0.5, 0.6) is 0 Å². The van der Waals surface area contributed by atoms with Crippen molar-refractivity contribution in [1.29, 1.82) is 0 Å². The molecule has 1 aromatic rings. The van der Waals surface area contributed by atoms with Crippen molar-refractivity contribution in [3.05, 3.63) is 23.9 Å². The summed E-state index contributed by atoms with van der Waals surface area (Å²) >= 11 is 0. The van der Waals surface area contributed by atoms with Crippen molar-refractivity contribution in [2.75, 3.05) is 24.4 Å². The van der Waals surface area contributed by atoms with Gasteiger partial charge >= 0.3 is 10.2 Å². The molecule has 1 aliphatic rings. The van der Waals surface area contributed by atoms with E-state index in [9.17, 15) is 8.42 Å². The summed E-state index contributed by atoms with van der Waals surface area (Å²) in [6.07, 6.45) is 3.95. The Labute approximate surface area is 125 Å². The van der Waals surface area contributed by atoms with Crippen molar-refractivity contribution in [1.82, 2.24) is 9.29 Å². The molecule has 0 aromatic carbocycles. The highest BCUT2D eigenvalue weighted by Crippen LogP contribution is 2.15. The summed E-state index contributed by atoms with van der Waals surface area (Å²) in [5, 5.41) is 0. The molecule has 1 fully saturated rings. The van der Waals surface area contributed by atoms with E-state index in [1.165, 1.54) is 4.31 Å². The third-order valence-corrected chi connectivity index (χ3v) is 4.72. The van der Waals surface area contributed by atoms with Gasteiger partial charge in [0.15, 0.2) is 0 Å². The highest BCUT2D eigenvalue weighted by atomic mass is 32.2. The second kappa shape index (κ2) is 7.41. The van der Waals surface area contributed by atoms with Gasteiger partial charge in [0.25, 0.3) is 0 Å². The van der Waals surface area contributed by atoms with Crippen LogP contribution >= 0.6 is 0 Å². The topological polar surface area (TPSA) is 88.3 Å². The Kier molecular flexibility index (Phi) is 5.56. The summed E-state index contributed by atoms with van der Waals surface area (Å²) < 4.78 is 28.7. The Morgan fingerprint density at radius 3 is 2.62 bits per heavy atom. The highest BCUT2D eigenvalue weighted by Gasteiger charge is 2.23. The number of nitrogens with zero attached hydrogens (tertiary/aromatic N) is 2. The van der Waals surface area contributed by atoms with Crippen molar-refractivity contribution in [3.63, 3.8) is 0 Å². The molecule has 21 heavy (non-hydrogen) atoms. The van der Waals surface area contributed by atoms with Gasteiger partial charge in [0.05, 0.1) is 6.54 Å². The minimum atomic E-state index is -3.55. The van der Waals surface area contributed by atoms with Crippen LogP contribution < -0.4 is 10.5 Å². The third kappa shape index (κ3) is 4.70. The molecule has 0 atom stereocenters. The van der Waals surface area contributed by atoms with Crippen LogP contribution in [0.2, 0.25) is 0 Å². The summed E-state index contributed by atoms with van der Waals surface area (Å²) in [6, 6.07) is 5.04. The van der Waals surface area contributed by atoms with Crippen LogP contribution in [0.25, 0.3) is 0 Å². The summed E-state index contributed by atoms with van der Waals surface area (Å²) in [5.74, 6) is 5.76. The average molecular weight is 308 g/mol. The van der Waals surface area contributed by atoms with E-state index in [-0.39, 0.29) is 12.4 Å². The number of aromatic nitrogens is 1. The zero-order valence-corrected chi connectivity index (χ0v) is 12.7. The molecule has 1 aromatic heterocycles. The number of hydrogen-bond acceptors (Lipinski definition) is 4. The van der Waals surface area contributed by atoms with Crippen LogP contribution in [-0.4, -0.2) is 37.3 Å². The lowest BCUT2D eigenvalue weighted by Gasteiger charge is -2.20. The van der Waals surface area contributed by atoms with Crippen LogP contribution in [-0.2, 0) is 10.2 Å². The Morgan fingerprint density at radius 2 is 1.95 bits per heavy atom. The Balaban J connectivity index is 2.12. The van der Waals surface area contributed by atoms with E-state index in [1.807, 2.05) is 0 Å². The van der Waals surface area contributed by atoms with E-state index >= 15 is 0 Å². The van der Waals surface area contributed by atoms with E-state index in [0.29, 0.717) is 18.8 Å². The molecule has 0 radical (unpaired) electrons. The predicted octanol–water partition coefficient (Wildman–Crippen LogP) is 0.924. The summed E-state index contributed by atoms with van der Waals surface area (Å²) in [5.41, 5.74) is 5.81. The van der Waals surface area contributed by atoms with Gasteiger partial charge in [-0.25, -0.2) is 4.98 Å². The maximum absolute atomic E-state index is 12.4. The van der Waals surface area contributed by atoms with Crippen molar-refractivity contribution in [3.8, 4) is 11.8 Å². The molecule has 0 unspecified atom stereocenters. The molecule has 6 nitrogen and oxygen atoms in total. The summed E-state index contributed by atoms with van der Waals surface area (Å²) in [7, 11) is -3.55. The van der Waals surface area contributed by atoms with E-state index in [4.69, 9.17) is 5.73 Å². The molecule has 114 valence electrons. The molecule has 3 N–H and O–H groups in total. The Morgan fingerprint density at radius 1 is 1.24 bits per heavy atom. The first-order valence-electron chi connectivity index (χ1n) is 7.06. The molecule has 2 rings (SSSR count). The smallest absolute Gasteiger partial charge is 0.302 e. The molecule has 7 heteroatoms. The van der Waals surface area contributed by atoms with Gasteiger partial charge in [-0.15, -0.1) is 0 Å².